The van der Waals surface area contributed by atoms with E-state index in [2.05, 4.69) is 31.2 Å². The Morgan fingerprint density at radius 3 is 2.67 bits per heavy atom. The zero-order chi connectivity index (χ0) is 22.8. The largest absolute Gasteiger partial charge is 0.353 e. The first kappa shape index (κ1) is 21.2. The van der Waals surface area contributed by atoms with E-state index >= 15 is 0 Å². The van der Waals surface area contributed by atoms with Crippen molar-refractivity contribution in [3.05, 3.63) is 96.6 Å². The molecule has 1 saturated heterocycles. The lowest BCUT2D eigenvalue weighted by atomic mass is 10.0. The van der Waals surface area contributed by atoms with Crippen molar-refractivity contribution in [2.45, 2.75) is 18.5 Å². The van der Waals surface area contributed by atoms with Crippen LogP contribution in [-0.2, 0) is 11.8 Å². The number of aryl methyl sites for hydroxylation is 1. The lowest BCUT2D eigenvalue weighted by molar-refractivity contribution is -0.116. The van der Waals surface area contributed by atoms with Gasteiger partial charge in [-0.3, -0.25) is 9.78 Å². The zero-order valence-corrected chi connectivity index (χ0v) is 19.1. The lowest BCUT2D eigenvalue weighted by Gasteiger charge is -2.28. The zero-order valence-electron chi connectivity index (χ0n) is 18.3. The quantitative estimate of drug-likeness (QED) is 0.417. The monoisotopic (exact) mass is 455 g/mol. The van der Waals surface area contributed by atoms with Gasteiger partial charge in [0.05, 0.1) is 17.8 Å². The summed E-state index contributed by atoms with van der Waals surface area (Å²) in [6, 6.07) is 23.9. The third-order valence-electron chi connectivity index (χ3n) is 6.13. The minimum absolute atomic E-state index is 0.0407. The third-order valence-corrected chi connectivity index (χ3v) is 6.48. The number of anilines is 1. The minimum atomic E-state index is -0.0894. The van der Waals surface area contributed by atoms with Gasteiger partial charge < -0.3 is 20.1 Å². The molecule has 0 saturated carbocycles. The van der Waals surface area contributed by atoms with Crippen LogP contribution >= 0.6 is 12.2 Å². The van der Waals surface area contributed by atoms with Gasteiger partial charge in [-0.2, -0.15) is 0 Å². The number of thiocarbonyl (C=S) groups is 1. The van der Waals surface area contributed by atoms with Crippen molar-refractivity contribution in [2.24, 2.45) is 7.05 Å². The number of nitrogens with one attached hydrogen (secondary N) is 2. The number of rotatable bonds is 6. The van der Waals surface area contributed by atoms with E-state index in [9.17, 15) is 4.79 Å². The van der Waals surface area contributed by atoms with E-state index in [-0.39, 0.29) is 18.0 Å². The van der Waals surface area contributed by atoms with Crippen LogP contribution in [0.2, 0.25) is 0 Å². The van der Waals surface area contributed by atoms with Gasteiger partial charge in [0.1, 0.15) is 0 Å². The average Bonchev–Trinajstić information content (AvgIpc) is 3.40. The Bertz CT molecular complexity index is 1300. The van der Waals surface area contributed by atoms with E-state index in [1.165, 1.54) is 0 Å². The molecule has 1 aliphatic rings. The van der Waals surface area contributed by atoms with Crippen LogP contribution in [0.15, 0.2) is 85.2 Å². The normalized spacial score (nSPS) is 17.8. The number of hydrogen-bond donors (Lipinski definition) is 2. The number of carbonyl (C=O) groups is 1. The van der Waals surface area contributed by atoms with E-state index in [1.54, 1.807) is 6.20 Å². The summed E-state index contributed by atoms with van der Waals surface area (Å²) in [5, 5.41) is 9.28. The first-order valence-electron chi connectivity index (χ1n) is 11.0. The molecule has 0 spiro atoms. The van der Waals surface area contributed by atoms with Crippen LogP contribution < -0.4 is 10.6 Å². The summed E-state index contributed by atoms with van der Waals surface area (Å²) in [6.45, 7) is 0.502. The number of hydrogen-bond acceptors (Lipinski definition) is 3. The number of fused-ring (bicyclic) bond motifs is 1. The van der Waals surface area contributed by atoms with Crippen LogP contribution in [0.3, 0.4) is 0 Å². The second-order valence-corrected chi connectivity index (χ2v) is 8.58. The van der Waals surface area contributed by atoms with Crippen molar-refractivity contribution in [1.82, 2.24) is 19.8 Å². The van der Waals surface area contributed by atoms with Crippen LogP contribution in [-0.4, -0.2) is 32.0 Å². The second-order valence-electron chi connectivity index (χ2n) is 8.19. The minimum Gasteiger partial charge on any atom is -0.353 e. The topological polar surface area (TPSA) is 62.2 Å². The number of benzene rings is 2. The summed E-state index contributed by atoms with van der Waals surface area (Å²) in [5.74, 6) is -0.0407. The molecular formula is C26H25N5OS. The van der Waals surface area contributed by atoms with Gasteiger partial charge in [-0.15, -0.1) is 0 Å². The molecule has 5 rings (SSSR count). The van der Waals surface area contributed by atoms with Crippen molar-refractivity contribution in [1.29, 1.82) is 0 Å². The molecule has 0 unspecified atom stereocenters. The van der Waals surface area contributed by atoms with Crippen molar-refractivity contribution < 1.29 is 4.79 Å². The van der Waals surface area contributed by atoms with Gasteiger partial charge in [-0.1, -0.05) is 42.5 Å². The maximum Gasteiger partial charge on any atom is 0.226 e. The number of amides is 1. The molecule has 4 aromatic rings. The van der Waals surface area contributed by atoms with Crippen molar-refractivity contribution >= 4 is 39.7 Å². The van der Waals surface area contributed by atoms with E-state index in [0.29, 0.717) is 18.1 Å². The Labute approximate surface area is 198 Å². The molecule has 2 aromatic heterocycles. The molecule has 7 heteroatoms. The number of carbonyl (C=O) groups excluding carboxylic acids is 1. The maximum atomic E-state index is 12.9. The highest BCUT2D eigenvalue weighted by atomic mass is 32.1. The third kappa shape index (κ3) is 4.19. The first-order chi connectivity index (χ1) is 16.1. The van der Waals surface area contributed by atoms with E-state index < -0.39 is 0 Å². The van der Waals surface area contributed by atoms with Gasteiger partial charge in [0.25, 0.3) is 0 Å². The molecule has 2 aromatic carbocycles. The fourth-order valence-corrected chi connectivity index (χ4v) is 4.85. The SMILES string of the molecule is Cn1cccc1[C@@H]1[C@@H](c2ccccn2)NC(=S)N1CCC(=O)Nc1cccc2ccccc12. The van der Waals surface area contributed by atoms with Crippen molar-refractivity contribution in [3.8, 4) is 0 Å². The Hall–Kier alpha value is -3.71. The van der Waals surface area contributed by atoms with Crippen molar-refractivity contribution in [2.75, 3.05) is 11.9 Å². The number of nitrogens with zero attached hydrogens (tertiary/aromatic N) is 3. The Morgan fingerprint density at radius 1 is 1.06 bits per heavy atom. The molecule has 166 valence electrons. The fraction of sp³-hybridized carbons (Fsp3) is 0.192. The lowest BCUT2D eigenvalue weighted by Crippen LogP contribution is -2.33. The number of pyridine rings is 1. The molecule has 2 N–H and O–H groups in total. The number of aromatic nitrogens is 2. The second kappa shape index (κ2) is 9.03. The highest BCUT2D eigenvalue weighted by Crippen LogP contribution is 2.38. The van der Waals surface area contributed by atoms with Crippen LogP contribution in [0, 0.1) is 0 Å². The summed E-state index contributed by atoms with van der Waals surface area (Å²) < 4.78 is 2.10. The fourth-order valence-electron chi connectivity index (χ4n) is 4.52. The van der Waals surface area contributed by atoms with Gasteiger partial charge >= 0.3 is 0 Å². The van der Waals surface area contributed by atoms with Gasteiger partial charge in [0, 0.05) is 49.2 Å². The highest BCUT2D eigenvalue weighted by molar-refractivity contribution is 7.80. The molecular weight excluding hydrogens is 430 g/mol. The standard InChI is InChI=1S/C26H25N5OS/c1-30-16-7-13-22(30)25-24(21-11-4-5-15-27-21)29-26(33)31(25)17-14-23(32)28-20-12-6-9-18-8-2-3-10-19(18)20/h2-13,15-16,24-25H,14,17H2,1H3,(H,28,32)(H,29,33)/t24-,25-/m1/s1. The highest BCUT2D eigenvalue weighted by Gasteiger charge is 2.40. The van der Waals surface area contributed by atoms with Crippen LogP contribution in [0.25, 0.3) is 10.8 Å². The summed E-state index contributed by atoms with van der Waals surface area (Å²) in [7, 11) is 2.03. The summed E-state index contributed by atoms with van der Waals surface area (Å²) >= 11 is 5.70. The van der Waals surface area contributed by atoms with Gasteiger partial charge in [-0.25, -0.2) is 0 Å². The van der Waals surface area contributed by atoms with Crippen LogP contribution in [0.1, 0.15) is 29.9 Å². The predicted octanol–water partition coefficient (Wildman–Crippen LogP) is 4.57. The van der Waals surface area contributed by atoms with Gasteiger partial charge in [-0.05, 0) is 47.9 Å². The molecule has 2 atom stereocenters. The Kier molecular flexibility index (Phi) is 5.79. The Balaban J connectivity index is 1.36. The summed E-state index contributed by atoms with van der Waals surface area (Å²) in [5.41, 5.74) is 2.87. The van der Waals surface area contributed by atoms with Gasteiger partial charge in [0.15, 0.2) is 5.11 Å². The Morgan fingerprint density at radius 2 is 1.88 bits per heavy atom. The molecule has 33 heavy (non-hydrogen) atoms. The molecule has 6 nitrogen and oxygen atoms in total. The summed E-state index contributed by atoms with van der Waals surface area (Å²) in [6.07, 6.45) is 4.14. The summed E-state index contributed by atoms with van der Waals surface area (Å²) in [4.78, 5) is 19.6. The molecule has 1 fully saturated rings. The van der Waals surface area contributed by atoms with Crippen LogP contribution in [0.4, 0.5) is 5.69 Å². The van der Waals surface area contributed by atoms with Crippen molar-refractivity contribution in [3.63, 3.8) is 0 Å². The van der Waals surface area contributed by atoms with E-state index in [1.807, 2.05) is 80.0 Å². The van der Waals surface area contributed by atoms with Crippen LogP contribution in [0.5, 0.6) is 0 Å². The molecule has 0 aliphatic carbocycles. The van der Waals surface area contributed by atoms with E-state index in [4.69, 9.17) is 12.2 Å². The predicted molar refractivity (Wildman–Crippen MR) is 135 cm³/mol. The molecule has 1 amide bonds. The molecule has 0 bridgehead atoms. The van der Waals surface area contributed by atoms with Gasteiger partial charge in [0.2, 0.25) is 5.91 Å². The molecule has 0 radical (unpaired) electrons. The molecule has 1 aliphatic heterocycles. The molecule has 3 heterocycles. The first-order valence-corrected chi connectivity index (χ1v) is 11.4. The average molecular weight is 456 g/mol. The van der Waals surface area contributed by atoms with E-state index in [0.717, 1.165) is 27.8 Å². The smallest absolute Gasteiger partial charge is 0.226 e. The maximum absolute atomic E-state index is 12.9.